The first-order valence-electron chi connectivity index (χ1n) is 4.77. The van der Waals surface area contributed by atoms with Crippen LogP contribution in [0.4, 0.5) is 8.78 Å². The number of carbonyl (C=O) groups is 1. The fourth-order valence-corrected chi connectivity index (χ4v) is 2.06. The number of rotatable bonds is 4. The average molecular weight is 249 g/mol. The number of carbonyl (C=O) groups excluding carboxylic acids is 1. The molecule has 0 unspecified atom stereocenters. The van der Waals surface area contributed by atoms with Crippen LogP contribution in [-0.2, 0) is 9.53 Å². The van der Waals surface area contributed by atoms with Crippen LogP contribution in [0, 0.1) is 13.8 Å². The second kappa shape index (κ2) is 4.86. The first-order valence-corrected chi connectivity index (χ1v) is 5.58. The van der Waals surface area contributed by atoms with Gasteiger partial charge >= 0.3 is 11.2 Å². The lowest BCUT2D eigenvalue weighted by Crippen LogP contribution is -2.26. The summed E-state index contributed by atoms with van der Waals surface area (Å²) in [5.41, 5.74) is 1.39. The first kappa shape index (κ1) is 13.0. The Bertz CT molecular complexity index is 390. The van der Waals surface area contributed by atoms with Gasteiger partial charge in [-0.2, -0.15) is 8.78 Å². The van der Waals surface area contributed by atoms with Gasteiger partial charge in [0.25, 0.3) is 0 Å². The number of nitrogens with one attached hydrogen (secondary N) is 1. The average Bonchev–Trinajstić information content (AvgIpc) is 2.44. The van der Waals surface area contributed by atoms with Crippen LogP contribution in [0.25, 0.3) is 0 Å². The van der Waals surface area contributed by atoms with E-state index >= 15 is 0 Å². The molecule has 0 saturated heterocycles. The van der Waals surface area contributed by atoms with Crippen LogP contribution >= 0.6 is 11.8 Å². The van der Waals surface area contributed by atoms with E-state index in [1.807, 2.05) is 0 Å². The fourth-order valence-electron chi connectivity index (χ4n) is 1.20. The highest BCUT2D eigenvalue weighted by atomic mass is 32.2. The van der Waals surface area contributed by atoms with E-state index in [2.05, 4.69) is 9.72 Å². The molecule has 1 rings (SSSR count). The maximum absolute atomic E-state index is 13.4. The summed E-state index contributed by atoms with van der Waals surface area (Å²) in [5.74, 6) is -1.50. The van der Waals surface area contributed by atoms with Crippen LogP contribution in [-0.4, -0.2) is 22.8 Å². The smallest absolute Gasteiger partial charge is 0.393 e. The molecule has 0 fully saturated rings. The third-order valence-corrected chi connectivity index (χ3v) is 2.92. The van der Waals surface area contributed by atoms with E-state index in [4.69, 9.17) is 0 Å². The quantitative estimate of drug-likeness (QED) is 0.659. The Morgan fingerprint density at radius 3 is 2.62 bits per heavy atom. The summed E-state index contributed by atoms with van der Waals surface area (Å²) in [4.78, 5) is 14.2. The second-order valence-electron chi connectivity index (χ2n) is 3.28. The summed E-state index contributed by atoms with van der Waals surface area (Å²) >= 11 is 0.202. The number of thioether (sulfide) groups is 1. The van der Waals surface area contributed by atoms with Crippen molar-refractivity contribution in [3.63, 3.8) is 0 Å². The Kier molecular flexibility index (Phi) is 3.96. The Balaban J connectivity index is 2.79. The standard InChI is InChI=1S/C10H13F2NO2S/c1-4-15-9(14)10(11,12)16-8-5-6(2)13-7(8)3/h5,13H,4H2,1-3H3. The Morgan fingerprint density at radius 2 is 2.19 bits per heavy atom. The SMILES string of the molecule is CCOC(=O)C(F)(F)Sc1cc(C)[nH]c1C. The molecule has 1 N–H and O–H groups in total. The van der Waals surface area contributed by atoms with Crippen molar-refractivity contribution in [1.29, 1.82) is 0 Å². The summed E-state index contributed by atoms with van der Waals surface area (Å²) in [7, 11) is 0. The number of esters is 1. The van der Waals surface area contributed by atoms with Gasteiger partial charge in [0.15, 0.2) is 0 Å². The molecular weight excluding hydrogens is 236 g/mol. The van der Waals surface area contributed by atoms with Gasteiger partial charge in [-0.15, -0.1) is 0 Å². The molecular formula is C10H13F2NO2S. The van der Waals surface area contributed by atoms with Crippen LogP contribution < -0.4 is 0 Å². The second-order valence-corrected chi connectivity index (χ2v) is 4.44. The predicted molar refractivity (Wildman–Crippen MR) is 57.7 cm³/mol. The number of ether oxygens (including phenoxy) is 1. The molecule has 0 spiro atoms. The van der Waals surface area contributed by atoms with Gasteiger partial charge in [-0.3, -0.25) is 0 Å². The van der Waals surface area contributed by atoms with Crippen molar-refractivity contribution in [2.45, 2.75) is 30.9 Å². The Labute approximate surface area is 96.6 Å². The molecule has 90 valence electrons. The summed E-state index contributed by atoms with van der Waals surface area (Å²) in [6.45, 7) is 4.88. The molecule has 0 radical (unpaired) electrons. The van der Waals surface area contributed by atoms with E-state index in [1.54, 1.807) is 19.9 Å². The van der Waals surface area contributed by atoms with Crippen LogP contribution in [0.15, 0.2) is 11.0 Å². The third kappa shape index (κ3) is 2.98. The normalized spacial score (nSPS) is 11.6. The molecule has 0 atom stereocenters. The first-order chi connectivity index (χ1) is 7.36. The molecule has 0 saturated carbocycles. The summed E-state index contributed by atoms with van der Waals surface area (Å²) in [5, 5.41) is -3.55. The number of H-pyrrole nitrogens is 1. The number of hydrogen-bond donors (Lipinski definition) is 1. The van der Waals surface area contributed by atoms with E-state index in [-0.39, 0.29) is 18.4 Å². The largest absolute Gasteiger partial charge is 0.461 e. The molecule has 3 nitrogen and oxygen atoms in total. The number of aromatic nitrogens is 1. The lowest BCUT2D eigenvalue weighted by atomic mass is 10.4. The number of hydrogen-bond acceptors (Lipinski definition) is 3. The molecule has 0 aliphatic carbocycles. The highest BCUT2D eigenvalue weighted by Gasteiger charge is 2.42. The summed E-state index contributed by atoms with van der Waals surface area (Å²) in [6, 6.07) is 1.58. The van der Waals surface area contributed by atoms with Gasteiger partial charge in [0.05, 0.1) is 6.61 Å². The Hall–Kier alpha value is -1.04. The van der Waals surface area contributed by atoms with Gasteiger partial charge in [-0.25, -0.2) is 4.79 Å². The molecule has 1 aromatic rings. The van der Waals surface area contributed by atoms with Crippen LogP contribution in [0.2, 0.25) is 0 Å². The van der Waals surface area contributed by atoms with Gasteiger partial charge in [-0.1, -0.05) is 0 Å². The van der Waals surface area contributed by atoms with Crippen molar-refractivity contribution < 1.29 is 18.3 Å². The molecule has 0 aliphatic rings. The number of aromatic amines is 1. The van der Waals surface area contributed by atoms with Crippen LogP contribution in [0.3, 0.4) is 0 Å². The summed E-state index contributed by atoms with van der Waals surface area (Å²) in [6.07, 6.45) is 0. The van der Waals surface area contributed by atoms with E-state index in [0.717, 1.165) is 5.69 Å². The Morgan fingerprint density at radius 1 is 1.56 bits per heavy atom. The molecule has 16 heavy (non-hydrogen) atoms. The van der Waals surface area contributed by atoms with E-state index in [0.29, 0.717) is 10.6 Å². The van der Waals surface area contributed by atoms with Gasteiger partial charge in [0.2, 0.25) is 0 Å². The van der Waals surface area contributed by atoms with Crippen molar-refractivity contribution in [1.82, 2.24) is 4.98 Å². The topological polar surface area (TPSA) is 42.1 Å². The molecule has 0 bridgehead atoms. The zero-order valence-corrected chi connectivity index (χ0v) is 10.1. The van der Waals surface area contributed by atoms with Gasteiger partial charge in [0.1, 0.15) is 0 Å². The van der Waals surface area contributed by atoms with Crippen molar-refractivity contribution in [2.24, 2.45) is 0 Å². The van der Waals surface area contributed by atoms with Gasteiger partial charge in [0, 0.05) is 16.3 Å². The summed E-state index contributed by atoms with van der Waals surface area (Å²) < 4.78 is 31.0. The van der Waals surface area contributed by atoms with Crippen molar-refractivity contribution >= 4 is 17.7 Å². The van der Waals surface area contributed by atoms with Crippen molar-refractivity contribution in [3.8, 4) is 0 Å². The molecule has 6 heteroatoms. The van der Waals surface area contributed by atoms with E-state index in [9.17, 15) is 13.6 Å². The molecule has 0 amide bonds. The lowest BCUT2D eigenvalue weighted by molar-refractivity contribution is -0.159. The predicted octanol–water partition coefficient (Wildman–Crippen LogP) is 2.88. The number of alkyl halides is 2. The van der Waals surface area contributed by atoms with E-state index < -0.39 is 11.2 Å². The highest BCUT2D eigenvalue weighted by molar-refractivity contribution is 8.01. The monoisotopic (exact) mass is 249 g/mol. The zero-order chi connectivity index (χ0) is 12.3. The number of aryl methyl sites for hydroxylation is 2. The third-order valence-electron chi connectivity index (χ3n) is 1.85. The number of halogens is 2. The molecule has 1 aromatic heterocycles. The lowest BCUT2D eigenvalue weighted by Gasteiger charge is -2.13. The highest BCUT2D eigenvalue weighted by Crippen LogP contribution is 2.38. The van der Waals surface area contributed by atoms with Gasteiger partial charge < -0.3 is 9.72 Å². The maximum atomic E-state index is 13.4. The molecule has 0 aliphatic heterocycles. The van der Waals surface area contributed by atoms with Crippen LogP contribution in [0.1, 0.15) is 18.3 Å². The minimum absolute atomic E-state index is 0.0554. The fraction of sp³-hybridized carbons (Fsp3) is 0.500. The van der Waals surface area contributed by atoms with Crippen molar-refractivity contribution in [3.05, 3.63) is 17.5 Å². The minimum Gasteiger partial charge on any atom is -0.461 e. The van der Waals surface area contributed by atoms with Crippen LogP contribution in [0.5, 0.6) is 0 Å². The molecule has 0 aromatic carbocycles. The zero-order valence-electron chi connectivity index (χ0n) is 9.27. The molecule has 1 heterocycles. The minimum atomic E-state index is -3.55. The van der Waals surface area contributed by atoms with Gasteiger partial charge in [-0.05, 0) is 38.6 Å². The van der Waals surface area contributed by atoms with E-state index in [1.165, 1.54) is 6.92 Å². The maximum Gasteiger partial charge on any atom is 0.393 e. The van der Waals surface area contributed by atoms with Crippen molar-refractivity contribution in [2.75, 3.05) is 6.61 Å².